The molecule has 0 saturated heterocycles. The molecule has 0 unspecified atom stereocenters. The van der Waals surface area contributed by atoms with Crippen molar-refractivity contribution in [2.45, 2.75) is 50.1 Å². The molecule has 0 atom stereocenters. The van der Waals surface area contributed by atoms with Crippen LogP contribution in [-0.4, -0.2) is 37.4 Å². The number of amides is 1. The topological polar surface area (TPSA) is 66.5 Å². The Morgan fingerprint density at radius 1 is 1.30 bits per heavy atom. The van der Waals surface area contributed by atoms with Gasteiger partial charge in [-0.25, -0.2) is 13.1 Å². The molecule has 2 rings (SSSR count). The first-order chi connectivity index (χ1) is 10.6. The fourth-order valence-electron chi connectivity index (χ4n) is 2.33. The smallest absolute Gasteiger partial charge is 0.254 e. The Morgan fingerprint density at radius 3 is 2.30 bits per heavy atom. The molecule has 0 spiro atoms. The zero-order valence-electron chi connectivity index (χ0n) is 13.9. The lowest BCUT2D eigenvalue weighted by Crippen LogP contribution is -2.40. The third-order valence-corrected chi connectivity index (χ3v) is 5.20. The number of benzene rings is 1. The first-order valence-electron chi connectivity index (χ1n) is 7.70. The Labute approximate surface area is 138 Å². The molecule has 1 fully saturated rings. The molecule has 0 radical (unpaired) electrons. The van der Waals surface area contributed by atoms with E-state index in [4.69, 9.17) is 0 Å². The van der Waals surface area contributed by atoms with E-state index in [0.717, 1.165) is 12.8 Å². The molecule has 126 valence electrons. The van der Waals surface area contributed by atoms with E-state index in [9.17, 15) is 13.2 Å². The molecule has 0 aromatic heterocycles. The minimum atomic E-state index is -3.59. The monoisotopic (exact) mass is 336 g/mol. The van der Waals surface area contributed by atoms with Gasteiger partial charge in [-0.3, -0.25) is 4.79 Å². The van der Waals surface area contributed by atoms with Gasteiger partial charge in [0.05, 0.1) is 4.90 Å². The van der Waals surface area contributed by atoms with E-state index in [1.807, 2.05) is 0 Å². The van der Waals surface area contributed by atoms with Gasteiger partial charge in [0.15, 0.2) is 0 Å². The van der Waals surface area contributed by atoms with E-state index in [2.05, 4.69) is 11.3 Å². The number of hydrogen-bond acceptors (Lipinski definition) is 3. The van der Waals surface area contributed by atoms with Crippen molar-refractivity contribution in [2.24, 2.45) is 0 Å². The summed E-state index contributed by atoms with van der Waals surface area (Å²) in [7, 11) is -3.59. The van der Waals surface area contributed by atoms with Crippen LogP contribution in [0.25, 0.3) is 0 Å². The van der Waals surface area contributed by atoms with Crippen LogP contribution in [0.2, 0.25) is 0 Å². The maximum atomic E-state index is 12.5. The molecule has 0 heterocycles. The van der Waals surface area contributed by atoms with E-state index in [1.54, 1.807) is 43.9 Å². The molecule has 0 aliphatic heterocycles. The van der Waals surface area contributed by atoms with Gasteiger partial charge in [0.1, 0.15) is 0 Å². The fraction of sp³-hybridized carbons (Fsp3) is 0.471. The number of hydrogen-bond donors (Lipinski definition) is 1. The molecular weight excluding hydrogens is 312 g/mol. The van der Waals surface area contributed by atoms with Gasteiger partial charge in [-0.2, -0.15) is 0 Å². The second kappa shape index (κ2) is 6.45. The first-order valence-corrected chi connectivity index (χ1v) is 9.18. The minimum Gasteiger partial charge on any atom is -0.332 e. The predicted molar refractivity (Wildman–Crippen MR) is 90.8 cm³/mol. The number of nitrogens with zero attached hydrogens (tertiary/aromatic N) is 1. The zero-order valence-corrected chi connectivity index (χ0v) is 14.7. The largest absolute Gasteiger partial charge is 0.332 e. The van der Waals surface area contributed by atoms with Crippen LogP contribution < -0.4 is 4.72 Å². The molecule has 1 amide bonds. The number of sulfonamides is 1. The average Bonchev–Trinajstić information content (AvgIpc) is 3.26. The minimum absolute atomic E-state index is 0.0832. The summed E-state index contributed by atoms with van der Waals surface area (Å²) in [6.07, 6.45) is 3.74. The summed E-state index contributed by atoms with van der Waals surface area (Å²) in [6.45, 7) is 9.54. The Morgan fingerprint density at radius 2 is 1.87 bits per heavy atom. The predicted octanol–water partition coefficient (Wildman–Crippen LogP) is 2.55. The third kappa shape index (κ3) is 4.65. The Kier molecular flexibility index (Phi) is 4.96. The molecule has 6 heteroatoms. The summed E-state index contributed by atoms with van der Waals surface area (Å²) in [5, 5.41) is 0. The quantitative estimate of drug-likeness (QED) is 0.812. The van der Waals surface area contributed by atoms with Crippen molar-refractivity contribution in [2.75, 3.05) is 6.54 Å². The van der Waals surface area contributed by atoms with Crippen LogP contribution >= 0.6 is 0 Å². The molecule has 1 aliphatic carbocycles. The van der Waals surface area contributed by atoms with E-state index >= 15 is 0 Å². The van der Waals surface area contributed by atoms with Crippen molar-refractivity contribution < 1.29 is 13.2 Å². The van der Waals surface area contributed by atoms with Crippen LogP contribution in [0.3, 0.4) is 0 Å². The molecule has 1 aromatic carbocycles. The van der Waals surface area contributed by atoms with Crippen LogP contribution in [-0.2, 0) is 10.0 Å². The molecule has 1 saturated carbocycles. The van der Waals surface area contributed by atoms with E-state index in [-0.39, 0.29) is 16.8 Å². The molecule has 23 heavy (non-hydrogen) atoms. The van der Waals surface area contributed by atoms with Crippen LogP contribution in [0, 0.1) is 0 Å². The standard InChI is InChI=1S/C17H24N2O3S/c1-5-12-19(14-8-9-14)16(20)13-6-10-15(11-7-13)23(21,22)18-17(2,3)4/h5-7,10-11,14,18H,1,8-9,12H2,2-4H3. The molecular formula is C17H24N2O3S. The van der Waals surface area contributed by atoms with Crippen LogP contribution in [0.5, 0.6) is 0 Å². The number of rotatable bonds is 6. The van der Waals surface area contributed by atoms with E-state index in [0.29, 0.717) is 12.1 Å². The fourth-order valence-corrected chi connectivity index (χ4v) is 3.75. The highest BCUT2D eigenvalue weighted by molar-refractivity contribution is 7.89. The normalized spacial score (nSPS) is 15.3. The second-order valence-electron chi connectivity index (χ2n) is 6.86. The molecule has 5 nitrogen and oxygen atoms in total. The first kappa shape index (κ1) is 17.7. The van der Waals surface area contributed by atoms with Crippen molar-refractivity contribution in [3.63, 3.8) is 0 Å². The van der Waals surface area contributed by atoms with Gasteiger partial charge in [0, 0.05) is 23.7 Å². The van der Waals surface area contributed by atoms with Gasteiger partial charge in [0.25, 0.3) is 5.91 Å². The van der Waals surface area contributed by atoms with Crippen LogP contribution in [0.1, 0.15) is 44.0 Å². The SMILES string of the molecule is C=CCN(C(=O)c1ccc(S(=O)(=O)NC(C)(C)C)cc1)C1CC1. The molecule has 0 bridgehead atoms. The van der Waals surface area contributed by atoms with Crippen molar-refractivity contribution in [1.82, 2.24) is 9.62 Å². The van der Waals surface area contributed by atoms with Crippen LogP contribution in [0.4, 0.5) is 0 Å². The highest BCUT2D eigenvalue weighted by Crippen LogP contribution is 2.28. The van der Waals surface area contributed by atoms with Gasteiger partial charge in [-0.05, 0) is 57.9 Å². The Balaban J connectivity index is 2.18. The van der Waals surface area contributed by atoms with Crippen molar-refractivity contribution in [1.29, 1.82) is 0 Å². The highest BCUT2D eigenvalue weighted by Gasteiger charge is 2.32. The maximum absolute atomic E-state index is 12.5. The maximum Gasteiger partial charge on any atom is 0.254 e. The second-order valence-corrected chi connectivity index (χ2v) is 8.54. The number of nitrogens with one attached hydrogen (secondary N) is 1. The van der Waals surface area contributed by atoms with Crippen molar-refractivity contribution >= 4 is 15.9 Å². The summed E-state index contributed by atoms with van der Waals surface area (Å²) in [5.74, 6) is -0.0832. The lowest BCUT2D eigenvalue weighted by atomic mass is 10.1. The van der Waals surface area contributed by atoms with Gasteiger partial charge in [0.2, 0.25) is 10.0 Å². The van der Waals surface area contributed by atoms with E-state index in [1.165, 1.54) is 12.1 Å². The molecule has 1 aromatic rings. The lowest BCUT2D eigenvalue weighted by molar-refractivity contribution is 0.0762. The Bertz CT molecular complexity index is 684. The summed E-state index contributed by atoms with van der Waals surface area (Å²) >= 11 is 0. The molecule has 1 N–H and O–H groups in total. The summed E-state index contributed by atoms with van der Waals surface area (Å²) < 4.78 is 27.1. The zero-order chi connectivity index (χ0) is 17.3. The summed E-state index contributed by atoms with van der Waals surface area (Å²) in [4.78, 5) is 14.5. The third-order valence-electron chi connectivity index (χ3n) is 3.43. The summed E-state index contributed by atoms with van der Waals surface area (Å²) in [5.41, 5.74) is -0.0616. The number of carbonyl (C=O) groups excluding carboxylic acids is 1. The lowest BCUT2D eigenvalue weighted by Gasteiger charge is -2.22. The number of carbonyl (C=O) groups is 1. The highest BCUT2D eigenvalue weighted by atomic mass is 32.2. The van der Waals surface area contributed by atoms with E-state index < -0.39 is 15.6 Å². The summed E-state index contributed by atoms with van der Waals surface area (Å²) in [6, 6.07) is 6.36. The van der Waals surface area contributed by atoms with Crippen molar-refractivity contribution in [3.05, 3.63) is 42.5 Å². The Hall–Kier alpha value is -1.66. The average molecular weight is 336 g/mol. The van der Waals surface area contributed by atoms with Gasteiger partial charge < -0.3 is 4.90 Å². The van der Waals surface area contributed by atoms with Gasteiger partial charge in [-0.15, -0.1) is 6.58 Å². The van der Waals surface area contributed by atoms with Crippen molar-refractivity contribution in [3.8, 4) is 0 Å². The molecule has 1 aliphatic rings. The van der Waals surface area contributed by atoms with Crippen LogP contribution in [0.15, 0.2) is 41.8 Å². The van der Waals surface area contributed by atoms with Gasteiger partial charge >= 0.3 is 0 Å². The van der Waals surface area contributed by atoms with Gasteiger partial charge in [-0.1, -0.05) is 6.08 Å².